The van der Waals surface area contributed by atoms with E-state index >= 15 is 0 Å². The van der Waals surface area contributed by atoms with E-state index in [1.807, 2.05) is 24.3 Å². The van der Waals surface area contributed by atoms with Crippen molar-refractivity contribution in [1.82, 2.24) is 15.5 Å². The number of rotatable bonds is 12. The SMILES string of the molecule is CN(CCOc1cccc(CNC(=O)CCCNC(=O)C2CC2)c1)C1CCOCC1. The Hall–Kier alpha value is -2.12. The predicted molar refractivity (Wildman–Crippen MR) is 115 cm³/mol. The van der Waals surface area contributed by atoms with Gasteiger partial charge in [-0.3, -0.25) is 14.5 Å². The molecule has 2 fully saturated rings. The summed E-state index contributed by atoms with van der Waals surface area (Å²) < 4.78 is 11.3. The van der Waals surface area contributed by atoms with E-state index in [1.54, 1.807) is 0 Å². The second-order valence-corrected chi connectivity index (χ2v) is 8.27. The van der Waals surface area contributed by atoms with Gasteiger partial charge in [0.05, 0.1) is 0 Å². The topological polar surface area (TPSA) is 79.9 Å². The van der Waals surface area contributed by atoms with Crippen LogP contribution in [0.3, 0.4) is 0 Å². The van der Waals surface area contributed by atoms with Crippen LogP contribution >= 0.6 is 0 Å². The number of nitrogens with zero attached hydrogens (tertiary/aromatic N) is 1. The normalized spacial score (nSPS) is 17.0. The van der Waals surface area contributed by atoms with Gasteiger partial charge in [0.25, 0.3) is 0 Å². The molecule has 1 saturated heterocycles. The zero-order chi connectivity index (χ0) is 21.2. The van der Waals surface area contributed by atoms with Crippen LogP contribution in [0.5, 0.6) is 5.75 Å². The van der Waals surface area contributed by atoms with Gasteiger partial charge in [0.15, 0.2) is 0 Å². The first-order valence-electron chi connectivity index (χ1n) is 11.2. The Balaban J connectivity index is 1.29. The van der Waals surface area contributed by atoms with Gasteiger partial charge in [0, 0.05) is 51.2 Å². The molecule has 7 nitrogen and oxygen atoms in total. The lowest BCUT2D eigenvalue weighted by Crippen LogP contribution is -2.38. The van der Waals surface area contributed by atoms with E-state index in [1.165, 1.54) is 0 Å². The number of hydrogen-bond donors (Lipinski definition) is 2. The van der Waals surface area contributed by atoms with Gasteiger partial charge in [-0.1, -0.05) is 12.1 Å². The lowest BCUT2D eigenvalue weighted by Gasteiger charge is -2.31. The summed E-state index contributed by atoms with van der Waals surface area (Å²) in [5, 5.41) is 5.82. The van der Waals surface area contributed by atoms with Crippen LogP contribution in [0.4, 0.5) is 0 Å². The Bertz CT molecular complexity index is 687. The summed E-state index contributed by atoms with van der Waals surface area (Å²) in [5.74, 6) is 1.17. The highest BCUT2D eigenvalue weighted by molar-refractivity contribution is 5.81. The summed E-state index contributed by atoms with van der Waals surface area (Å²) >= 11 is 0. The summed E-state index contributed by atoms with van der Waals surface area (Å²) in [7, 11) is 2.14. The van der Waals surface area contributed by atoms with Crippen molar-refractivity contribution in [2.75, 3.05) is 40.0 Å². The molecule has 3 rings (SSSR count). The molecule has 1 saturated carbocycles. The van der Waals surface area contributed by atoms with Gasteiger partial charge in [-0.25, -0.2) is 0 Å². The minimum absolute atomic E-state index is 0.0000728. The molecule has 2 amide bonds. The molecular weight excluding hydrogens is 382 g/mol. The molecule has 2 aliphatic rings. The van der Waals surface area contributed by atoms with Crippen molar-refractivity contribution >= 4 is 11.8 Å². The first kappa shape index (κ1) is 22.6. The largest absolute Gasteiger partial charge is 0.492 e. The molecule has 1 aromatic carbocycles. The molecule has 0 spiro atoms. The minimum Gasteiger partial charge on any atom is -0.492 e. The molecule has 1 aromatic rings. The van der Waals surface area contributed by atoms with Crippen molar-refractivity contribution in [3.05, 3.63) is 29.8 Å². The lowest BCUT2D eigenvalue weighted by molar-refractivity contribution is -0.123. The number of nitrogens with one attached hydrogen (secondary N) is 2. The third-order valence-electron chi connectivity index (χ3n) is 5.74. The summed E-state index contributed by atoms with van der Waals surface area (Å²) in [6.45, 7) is 4.25. The molecule has 2 N–H and O–H groups in total. The molecule has 0 unspecified atom stereocenters. The maximum atomic E-state index is 12.0. The van der Waals surface area contributed by atoms with Crippen LogP contribution in [0.25, 0.3) is 0 Å². The maximum absolute atomic E-state index is 12.0. The Morgan fingerprint density at radius 3 is 2.73 bits per heavy atom. The third kappa shape index (κ3) is 7.95. The third-order valence-corrected chi connectivity index (χ3v) is 5.74. The molecule has 7 heteroatoms. The predicted octanol–water partition coefficient (Wildman–Crippen LogP) is 2.10. The van der Waals surface area contributed by atoms with Gasteiger partial charge in [-0.2, -0.15) is 0 Å². The van der Waals surface area contributed by atoms with Crippen molar-refractivity contribution in [1.29, 1.82) is 0 Å². The van der Waals surface area contributed by atoms with Gasteiger partial charge < -0.3 is 20.1 Å². The van der Waals surface area contributed by atoms with Crippen molar-refractivity contribution in [3.63, 3.8) is 0 Å². The van der Waals surface area contributed by atoms with Crippen LogP contribution in [0.2, 0.25) is 0 Å². The summed E-state index contributed by atoms with van der Waals surface area (Å²) in [5.41, 5.74) is 1.01. The molecule has 0 bridgehead atoms. The molecule has 0 atom stereocenters. The molecule has 1 heterocycles. The zero-order valence-corrected chi connectivity index (χ0v) is 18.0. The van der Waals surface area contributed by atoms with Crippen LogP contribution in [0.15, 0.2) is 24.3 Å². The fraction of sp³-hybridized carbons (Fsp3) is 0.652. The van der Waals surface area contributed by atoms with Crippen LogP contribution in [-0.2, 0) is 20.9 Å². The van der Waals surface area contributed by atoms with Gasteiger partial charge >= 0.3 is 0 Å². The number of carbonyl (C=O) groups is 2. The second-order valence-electron chi connectivity index (χ2n) is 8.27. The Morgan fingerprint density at radius 1 is 1.17 bits per heavy atom. The smallest absolute Gasteiger partial charge is 0.223 e. The highest BCUT2D eigenvalue weighted by atomic mass is 16.5. The Kier molecular flexibility index (Phi) is 8.96. The van der Waals surface area contributed by atoms with Crippen LogP contribution in [0, 0.1) is 5.92 Å². The summed E-state index contributed by atoms with van der Waals surface area (Å²) in [6, 6.07) is 8.43. The van der Waals surface area contributed by atoms with Crippen molar-refractivity contribution < 1.29 is 19.1 Å². The quantitative estimate of drug-likeness (QED) is 0.509. The molecule has 166 valence electrons. The molecule has 1 aliphatic heterocycles. The van der Waals surface area contributed by atoms with Crippen LogP contribution < -0.4 is 15.4 Å². The fourth-order valence-corrected chi connectivity index (χ4v) is 3.60. The molecule has 0 radical (unpaired) electrons. The maximum Gasteiger partial charge on any atom is 0.223 e. The fourth-order valence-electron chi connectivity index (χ4n) is 3.60. The van der Waals surface area contributed by atoms with E-state index in [2.05, 4.69) is 22.6 Å². The number of ether oxygens (including phenoxy) is 2. The van der Waals surface area contributed by atoms with Crippen LogP contribution in [0.1, 0.15) is 44.1 Å². The molecular formula is C23H35N3O4. The number of hydrogen-bond acceptors (Lipinski definition) is 5. The van der Waals surface area contributed by atoms with E-state index in [4.69, 9.17) is 9.47 Å². The van der Waals surface area contributed by atoms with E-state index < -0.39 is 0 Å². The standard InChI is InChI=1S/C23H35N3O4/c1-26(20-9-13-29-14-10-20)12-15-30-21-5-2-4-18(16-21)17-25-22(27)6-3-11-24-23(28)19-7-8-19/h2,4-5,16,19-20H,3,6-15,17H2,1H3,(H,24,28)(H,25,27). The summed E-state index contributed by atoms with van der Waals surface area (Å²) in [4.78, 5) is 25.9. The lowest BCUT2D eigenvalue weighted by atomic mass is 10.1. The average Bonchev–Trinajstić information content (AvgIpc) is 3.61. The van der Waals surface area contributed by atoms with Gasteiger partial charge in [0.2, 0.25) is 11.8 Å². The van der Waals surface area contributed by atoms with E-state index in [-0.39, 0.29) is 17.7 Å². The van der Waals surface area contributed by atoms with E-state index in [9.17, 15) is 9.59 Å². The summed E-state index contributed by atoms with van der Waals surface area (Å²) in [6.07, 6.45) is 5.24. The minimum atomic E-state index is 0.0000728. The molecule has 0 aromatic heterocycles. The second kappa shape index (κ2) is 11.9. The Morgan fingerprint density at radius 2 is 1.97 bits per heavy atom. The molecule has 30 heavy (non-hydrogen) atoms. The van der Waals surface area contributed by atoms with Crippen LogP contribution in [-0.4, -0.2) is 62.7 Å². The number of benzene rings is 1. The highest BCUT2D eigenvalue weighted by Gasteiger charge is 2.29. The van der Waals surface area contributed by atoms with Crippen molar-refractivity contribution in [2.45, 2.75) is 51.1 Å². The number of carbonyl (C=O) groups excluding carboxylic acids is 2. The number of likely N-dealkylation sites (N-methyl/N-ethyl adjacent to an activating group) is 1. The first-order chi connectivity index (χ1) is 14.6. The van der Waals surface area contributed by atoms with Crippen molar-refractivity contribution in [2.24, 2.45) is 5.92 Å². The van der Waals surface area contributed by atoms with E-state index in [0.29, 0.717) is 38.6 Å². The van der Waals surface area contributed by atoms with E-state index in [0.717, 1.165) is 56.8 Å². The van der Waals surface area contributed by atoms with Crippen molar-refractivity contribution in [3.8, 4) is 5.75 Å². The monoisotopic (exact) mass is 417 g/mol. The van der Waals surface area contributed by atoms with Gasteiger partial charge in [0.1, 0.15) is 12.4 Å². The Labute approximate surface area is 179 Å². The van der Waals surface area contributed by atoms with Gasteiger partial charge in [-0.05, 0) is 56.8 Å². The first-order valence-corrected chi connectivity index (χ1v) is 11.2. The van der Waals surface area contributed by atoms with Gasteiger partial charge in [-0.15, -0.1) is 0 Å². The highest BCUT2D eigenvalue weighted by Crippen LogP contribution is 2.28. The molecule has 1 aliphatic carbocycles. The zero-order valence-electron chi connectivity index (χ0n) is 18.0. The average molecular weight is 418 g/mol. The number of amides is 2.